The average Bonchev–Trinajstić information content (AvgIpc) is 3.05. The summed E-state index contributed by atoms with van der Waals surface area (Å²) in [7, 11) is 1.46. The lowest BCUT2D eigenvalue weighted by Gasteiger charge is -2.35. The number of carbonyl (C=O) groups excluding carboxylic acids is 3. The van der Waals surface area contributed by atoms with Gasteiger partial charge in [-0.05, 0) is 61.1 Å². The summed E-state index contributed by atoms with van der Waals surface area (Å²) >= 11 is 0. The van der Waals surface area contributed by atoms with E-state index in [9.17, 15) is 14.4 Å². The van der Waals surface area contributed by atoms with E-state index in [0.717, 1.165) is 73.8 Å². The van der Waals surface area contributed by atoms with Gasteiger partial charge in [0.1, 0.15) is 17.7 Å². The maximum absolute atomic E-state index is 14.1. The molecule has 2 saturated carbocycles. The molecule has 2 aliphatic carbocycles. The van der Waals surface area contributed by atoms with Crippen LogP contribution in [0.25, 0.3) is 0 Å². The number of amidine groups is 2. The molecule has 2 fully saturated rings. The van der Waals surface area contributed by atoms with Gasteiger partial charge in [-0.15, -0.1) is 0 Å². The van der Waals surface area contributed by atoms with Crippen molar-refractivity contribution in [1.29, 1.82) is 10.8 Å². The first kappa shape index (κ1) is 32.7. The van der Waals surface area contributed by atoms with Crippen molar-refractivity contribution in [3.05, 3.63) is 70.8 Å². The summed E-state index contributed by atoms with van der Waals surface area (Å²) in [6.07, 6.45) is 10.5. The van der Waals surface area contributed by atoms with Gasteiger partial charge in [-0.1, -0.05) is 81.0 Å². The fourth-order valence-corrected chi connectivity index (χ4v) is 6.65. The molecular weight excluding hydrogens is 554 g/mol. The molecule has 2 atom stereocenters. The van der Waals surface area contributed by atoms with Gasteiger partial charge in [-0.3, -0.25) is 25.3 Å². The lowest BCUT2D eigenvalue weighted by molar-refractivity contribution is -0.137. The zero-order valence-electron chi connectivity index (χ0n) is 25.7. The summed E-state index contributed by atoms with van der Waals surface area (Å²) in [5.41, 5.74) is 14.2. The van der Waals surface area contributed by atoms with Crippen molar-refractivity contribution in [2.45, 2.75) is 83.2 Å². The van der Waals surface area contributed by atoms with Gasteiger partial charge >= 0.3 is 6.03 Å². The van der Waals surface area contributed by atoms with E-state index in [-0.39, 0.29) is 41.9 Å². The summed E-state index contributed by atoms with van der Waals surface area (Å²) in [6, 6.07) is 13.2. The number of benzene rings is 2. The Hall–Kier alpha value is -4.21. The Morgan fingerprint density at radius 1 is 0.818 bits per heavy atom. The van der Waals surface area contributed by atoms with E-state index < -0.39 is 18.0 Å². The van der Waals surface area contributed by atoms with Gasteiger partial charge < -0.3 is 22.1 Å². The lowest BCUT2D eigenvalue weighted by Crippen LogP contribution is -2.56. The summed E-state index contributed by atoms with van der Waals surface area (Å²) < 4.78 is 0. The first-order valence-corrected chi connectivity index (χ1v) is 15.9. The molecule has 2 aliphatic rings. The van der Waals surface area contributed by atoms with Gasteiger partial charge in [0.25, 0.3) is 5.91 Å². The van der Waals surface area contributed by atoms with E-state index in [0.29, 0.717) is 17.5 Å². The van der Waals surface area contributed by atoms with Gasteiger partial charge in [0.15, 0.2) is 0 Å². The van der Waals surface area contributed by atoms with E-state index >= 15 is 0 Å². The Kier molecular flexibility index (Phi) is 11.5. The maximum Gasteiger partial charge on any atom is 0.324 e. The van der Waals surface area contributed by atoms with Crippen molar-refractivity contribution < 1.29 is 14.4 Å². The molecule has 10 nitrogen and oxygen atoms in total. The van der Waals surface area contributed by atoms with Crippen molar-refractivity contribution >= 4 is 29.5 Å². The molecule has 4 rings (SSSR count). The highest BCUT2D eigenvalue weighted by molar-refractivity contribution is 5.99. The number of amides is 4. The van der Waals surface area contributed by atoms with Crippen LogP contribution in [0.5, 0.6) is 0 Å². The van der Waals surface area contributed by atoms with Crippen LogP contribution in [-0.4, -0.2) is 47.5 Å². The number of nitrogen functional groups attached to an aromatic ring is 2. The predicted molar refractivity (Wildman–Crippen MR) is 172 cm³/mol. The van der Waals surface area contributed by atoms with Gasteiger partial charge in [0.05, 0.1) is 0 Å². The molecule has 236 valence electrons. The molecule has 0 heterocycles. The van der Waals surface area contributed by atoms with Crippen LogP contribution < -0.4 is 22.1 Å². The van der Waals surface area contributed by atoms with Crippen LogP contribution in [0.15, 0.2) is 48.5 Å². The Balaban J connectivity index is 1.49. The van der Waals surface area contributed by atoms with Gasteiger partial charge in [-0.2, -0.15) is 0 Å². The molecule has 0 aliphatic heterocycles. The number of rotatable bonds is 11. The Bertz CT molecular complexity index is 1330. The molecule has 10 heteroatoms. The normalized spacial score (nSPS) is 17.2. The summed E-state index contributed by atoms with van der Waals surface area (Å²) in [6.45, 7) is 0.171. The van der Waals surface area contributed by atoms with E-state index in [1.54, 1.807) is 18.2 Å². The fraction of sp³-hybridized carbons (Fsp3) is 0.500. The molecule has 4 amide bonds. The molecule has 0 unspecified atom stereocenters. The molecule has 2 aromatic rings. The highest BCUT2D eigenvalue weighted by atomic mass is 16.2. The molecule has 8 N–H and O–H groups in total. The molecule has 0 radical (unpaired) electrons. The number of nitrogens with two attached hydrogens (primary N) is 2. The first-order chi connectivity index (χ1) is 21.1. The fourth-order valence-electron chi connectivity index (χ4n) is 6.65. The molecule has 0 aromatic heterocycles. The van der Waals surface area contributed by atoms with Crippen molar-refractivity contribution in [3.8, 4) is 0 Å². The monoisotopic (exact) mass is 601 g/mol. The largest absolute Gasteiger partial charge is 0.384 e. The van der Waals surface area contributed by atoms with Crippen LogP contribution in [0.2, 0.25) is 0 Å². The van der Waals surface area contributed by atoms with Crippen LogP contribution in [0, 0.1) is 28.6 Å². The van der Waals surface area contributed by atoms with Crippen LogP contribution in [0.3, 0.4) is 0 Å². The second-order valence-corrected chi connectivity index (χ2v) is 12.4. The predicted octanol–water partition coefficient (Wildman–Crippen LogP) is 4.43. The highest BCUT2D eigenvalue weighted by Gasteiger charge is 2.38. The molecule has 0 spiro atoms. The Labute approximate surface area is 260 Å². The van der Waals surface area contributed by atoms with Crippen molar-refractivity contribution in [2.75, 3.05) is 7.05 Å². The Morgan fingerprint density at radius 3 is 2.00 bits per heavy atom. The number of nitrogens with zero attached hydrogens (tertiary/aromatic N) is 1. The zero-order chi connectivity index (χ0) is 31.6. The number of hydrogen-bond donors (Lipinski definition) is 6. The smallest absolute Gasteiger partial charge is 0.324 e. The minimum absolute atomic E-state index is 0.00435. The standard InChI is InChI=1S/C34H47N7O3/c1-41(34(44)39-21-23-9-8-14-27(19-23)31(37)38)33(43)29(25-12-6-3-7-13-25)40-32(42)28(24-10-4-2-5-11-24)20-22-15-17-26(18-16-22)30(35)36/h8-9,14-19,24-25,28-29H,2-7,10-13,20-21H2,1H3,(H3,35,36)(H3,37,38)(H,39,44)(H,40,42)/t28-,29+/m1/s1. The second-order valence-electron chi connectivity index (χ2n) is 12.4. The number of urea groups is 1. The average molecular weight is 602 g/mol. The molecule has 2 aromatic carbocycles. The summed E-state index contributed by atoms with van der Waals surface area (Å²) in [4.78, 5) is 42.2. The van der Waals surface area contributed by atoms with Crippen LogP contribution >= 0.6 is 0 Å². The SMILES string of the molecule is CN(C(=O)NCc1cccc(C(=N)N)c1)C(=O)[C@@H](NC(=O)[C@H](Cc1ccc(C(=N)N)cc1)C1CCCCC1)C1CCCCC1. The van der Waals surface area contributed by atoms with Gasteiger partial charge in [0.2, 0.25) is 5.91 Å². The van der Waals surface area contributed by atoms with Crippen molar-refractivity contribution in [1.82, 2.24) is 15.5 Å². The first-order valence-electron chi connectivity index (χ1n) is 15.9. The third-order valence-electron chi connectivity index (χ3n) is 9.28. The third-order valence-corrected chi connectivity index (χ3v) is 9.28. The van der Waals surface area contributed by atoms with Crippen molar-refractivity contribution in [3.63, 3.8) is 0 Å². The molecule has 44 heavy (non-hydrogen) atoms. The van der Waals surface area contributed by atoms with Crippen LogP contribution in [-0.2, 0) is 22.6 Å². The number of hydrogen-bond acceptors (Lipinski definition) is 5. The minimum atomic E-state index is -0.786. The quantitative estimate of drug-likeness (QED) is 0.165. The van der Waals surface area contributed by atoms with Crippen molar-refractivity contribution in [2.24, 2.45) is 29.2 Å². The summed E-state index contributed by atoms with van der Waals surface area (Å²) in [5.74, 6) is -0.722. The molecule has 0 bridgehead atoms. The third kappa shape index (κ3) is 8.67. The number of likely N-dealkylation sites (N-methyl/N-ethyl adjacent to an activating group) is 1. The topological polar surface area (TPSA) is 178 Å². The van der Waals surface area contributed by atoms with E-state index in [1.165, 1.54) is 13.5 Å². The Morgan fingerprint density at radius 2 is 1.41 bits per heavy atom. The van der Waals surface area contributed by atoms with Gasteiger partial charge in [-0.25, -0.2) is 4.79 Å². The number of nitrogens with one attached hydrogen (secondary N) is 4. The zero-order valence-corrected chi connectivity index (χ0v) is 25.7. The van der Waals surface area contributed by atoms with E-state index in [4.69, 9.17) is 22.3 Å². The van der Waals surface area contributed by atoms with Crippen LogP contribution in [0.4, 0.5) is 4.79 Å². The molecule has 0 saturated heterocycles. The molecular formula is C34H47N7O3. The number of carbonyl (C=O) groups is 3. The maximum atomic E-state index is 14.1. The summed E-state index contributed by atoms with van der Waals surface area (Å²) in [5, 5.41) is 21.3. The van der Waals surface area contributed by atoms with Gasteiger partial charge in [0, 0.05) is 30.6 Å². The minimum Gasteiger partial charge on any atom is -0.384 e. The number of imide groups is 1. The van der Waals surface area contributed by atoms with Crippen LogP contribution in [0.1, 0.15) is 86.5 Å². The van der Waals surface area contributed by atoms with E-state index in [2.05, 4.69) is 10.6 Å². The second kappa shape index (κ2) is 15.5. The van der Waals surface area contributed by atoms with E-state index in [1.807, 2.05) is 30.3 Å². The highest BCUT2D eigenvalue weighted by Crippen LogP contribution is 2.33. The lowest BCUT2D eigenvalue weighted by atomic mass is 9.76.